The maximum Gasteiger partial charge on any atom is 0.221 e. The molecule has 6 heteroatoms. The number of nitrogens with one attached hydrogen (secondary N) is 1. The van der Waals surface area contributed by atoms with Crippen LogP contribution in [0.4, 0.5) is 5.82 Å². The molecular formula is C12H22N4O2. The predicted molar refractivity (Wildman–Crippen MR) is 70.4 cm³/mol. The van der Waals surface area contributed by atoms with Crippen LogP contribution >= 0.6 is 0 Å². The van der Waals surface area contributed by atoms with Gasteiger partial charge in [0.1, 0.15) is 18.8 Å². The molecule has 1 aromatic rings. The van der Waals surface area contributed by atoms with Crippen LogP contribution in [0.2, 0.25) is 0 Å². The Kier molecular flexibility index (Phi) is 6.38. The summed E-state index contributed by atoms with van der Waals surface area (Å²) < 4.78 is 11.0. The quantitative estimate of drug-likeness (QED) is 0.416. The Hall–Kier alpha value is -1.40. The average Bonchev–Trinajstić information content (AvgIpc) is 2.36. The van der Waals surface area contributed by atoms with Gasteiger partial charge in [-0.05, 0) is 20.3 Å². The predicted octanol–water partition coefficient (Wildman–Crippen LogP) is 1.52. The van der Waals surface area contributed by atoms with Gasteiger partial charge in [-0.3, -0.25) is 0 Å². The Morgan fingerprint density at radius 2 is 2.11 bits per heavy atom. The summed E-state index contributed by atoms with van der Waals surface area (Å²) in [5.41, 5.74) is 3.48. The Labute approximate surface area is 108 Å². The van der Waals surface area contributed by atoms with E-state index in [0.717, 1.165) is 18.4 Å². The number of nitrogens with zero attached hydrogens (tertiary/aromatic N) is 2. The molecule has 0 aliphatic heterocycles. The molecule has 3 N–H and O–H groups in total. The number of hydrogen-bond donors (Lipinski definition) is 2. The number of hydrazine groups is 1. The van der Waals surface area contributed by atoms with Gasteiger partial charge < -0.3 is 14.9 Å². The third-order valence-electron chi connectivity index (χ3n) is 2.32. The van der Waals surface area contributed by atoms with E-state index in [4.69, 9.17) is 15.3 Å². The van der Waals surface area contributed by atoms with Crippen LogP contribution < -0.4 is 16.0 Å². The summed E-state index contributed by atoms with van der Waals surface area (Å²) in [4.78, 5) is 8.21. The largest absolute Gasteiger partial charge is 0.475 e. The second kappa shape index (κ2) is 7.84. The smallest absolute Gasteiger partial charge is 0.221 e. The third kappa shape index (κ3) is 4.46. The van der Waals surface area contributed by atoms with E-state index in [-0.39, 0.29) is 6.10 Å². The van der Waals surface area contributed by atoms with Crippen molar-refractivity contribution in [2.75, 3.05) is 18.6 Å². The molecule has 1 rings (SSSR count). The first kappa shape index (κ1) is 14.7. The van der Waals surface area contributed by atoms with E-state index in [1.54, 1.807) is 0 Å². The van der Waals surface area contributed by atoms with Crippen LogP contribution in [0, 0.1) is 0 Å². The summed E-state index contributed by atoms with van der Waals surface area (Å²) in [6.07, 6.45) is 3.43. The van der Waals surface area contributed by atoms with E-state index in [2.05, 4.69) is 22.3 Å². The van der Waals surface area contributed by atoms with Crippen LogP contribution in [-0.2, 0) is 11.2 Å². The molecule has 0 atom stereocenters. The van der Waals surface area contributed by atoms with Crippen molar-refractivity contribution < 1.29 is 9.47 Å². The summed E-state index contributed by atoms with van der Waals surface area (Å²) in [5, 5.41) is 0. The molecule has 0 saturated carbocycles. The van der Waals surface area contributed by atoms with E-state index < -0.39 is 0 Å². The zero-order valence-corrected chi connectivity index (χ0v) is 11.3. The van der Waals surface area contributed by atoms with Crippen molar-refractivity contribution in [1.29, 1.82) is 0 Å². The summed E-state index contributed by atoms with van der Waals surface area (Å²) in [5.74, 6) is 6.62. The molecule has 102 valence electrons. The van der Waals surface area contributed by atoms with Crippen molar-refractivity contribution in [3.8, 4) is 5.88 Å². The zero-order valence-electron chi connectivity index (χ0n) is 11.3. The number of nitrogen functional groups attached to an aromatic ring is 1. The van der Waals surface area contributed by atoms with E-state index in [9.17, 15) is 0 Å². The fourth-order valence-electron chi connectivity index (χ4n) is 1.54. The minimum absolute atomic E-state index is 0.204. The summed E-state index contributed by atoms with van der Waals surface area (Å²) in [7, 11) is 0. The van der Waals surface area contributed by atoms with Crippen molar-refractivity contribution in [2.45, 2.75) is 39.7 Å². The lowest BCUT2D eigenvalue weighted by atomic mass is 10.2. The Bertz CT molecular complexity index is 358. The lowest BCUT2D eigenvalue weighted by Gasteiger charge is -2.13. The lowest BCUT2D eigenvalue weighted by molar-refractivity contribution is 0.0540. The molecule has 18 heavy (non-hydrogen) atoms. The van der Waals surface area contributed by atoms with Gasteiger partial charge in [-0.2, -0.15) is 0 Å². The fourth-order valence-corrected chi connectivity index (χ4v) is 1.54. The first-order chi connectivity index (χ1) is 8.69. The Morgan fingerprint density at radius 1 is 1.33 bits per heavy atom. The molecule has 0 spiro atoms. The summed E-state index contributed by atoms with van der Waals surface area (Å²) in [6.45, 7) is 7.07. The van der Waals surface area contributed by atoms with Gasteiger partial charge in [0.05, 0.1) is 18.3 Å². The molecule has 0 aliphatic rings. The first-order valence-corrected chi connectivity index (χ1v) is 6.23. The van der Waals surface area contributed by atoms with Gasteiger partial charge in [-0.15, -0.1) is 0 Å². The van der Waals surface area contributed by atoms with Crippen LogP contribution in [0.15, 0.2) is 6.33 Å². The molecule has 0 aromatic carbocycles. The fraction of sp³-hybridized carbons (Fsp3) is 0.667. The number of ether oxygens (including phenoxy) is 2. The number of nitrogens with two attached hydrogens (primary N) is 1. The van der Waals surface area contributed by atoms with E-state index in [0.29, 0.717) is 24.9 Å². The van der Waals surface area contributed by atoms with Crippen LogP contribution in [0.1, 0.15) is 32.8 Å². The highest BCUT2D eigenvalue weighted by molar-refractivity contribution is 5.47. The topological polar surface area (TPSA) is 82.3 Å². The standard InChI is InChI=1S/C12H22N4O2/c1-4-5-10-11(16-13)14-8-15-12(10)18-7-6-17-9(2)3/h8-9H,4-7,13H2,1-3H3,(H,14,15,16). The second-order valence-corrected chi connectivity index (χ2v) is 4.17. The van der Waals surface area contributed by atoms with Crippen molar-refractivity contribution in [1.82, 2.24) is 9.97 Å². The van der Waals surface area contributed by atoms with Gasteiger partial charge in [0.15, 0.2) is 0 Å². The van der Waals surface area contributed by atoms with Crippen LogP contribution in [0.5, 0.6) is 5.88 Å². The van der Waals surface area contributed by atoms with Crippen LogP contribution in [0.3, 0.4) is 0 Å². The van der Waals surface area contributed by atoms with Crippen LogP contribution in [0.25, 0.3) is 0 Å². The molecule has 0 radical (unpaired) electrons. The number of hydrogen-bond acceptors (Lipinski definition) is 6. The van der Waals surface area contributed by atoms with Gasteiger partial charge in [-0.1, -0.05) is 13.3 Å². The molecular weight excluding hydrogens is 232 g/mol. The minimum atomic E-state index is 0.204. The monoisotopic (exact) mass is 254 g/mol. The maximum atomic E-state index is 5.61. The van der Waals surface area contributed by atoms with Crippen molar-refractivity contribution in [3.63, 3.8) is 0 Å². The molecule has 0 amide bonds. The molecule has 0 unspecified atom stereocenters. The Morgan fingerprint density at radius 3 is 2.72 bits per heavy atom. The number of aromatic nitrogens is 2. The molecule has 0 saturated heterocycles. The lowest BCUT2D eigenvalue weighted by Crippen LogP contribution is -2.15. The molecule has 0 fully saturated rings. The highest BCUT2D eigenvalue weighted by atomic mass is 16.5. The van der Waals surface area contributed by atoms with Crippen molar-refractivity contribution in [2.24, 2.45) is 5.84 Å². The highest BCUT2D eigenvalue weighted by Gasteiger charge is 2.11. The SMILES string of the molecule is CCCc1c(NN)ncnc1OCCOC(C)C. The second-order valence-electron chi connectivity index (χ2n) is 4.17. The molecule has 6 nitrogen and oxygen atoms in total. The van der Waals surface area contributed by atoms with Crippen molar-refractivity contribution in [3.05, 3.63) is 11.9 Å². The van der Waals surface area contributed by atoms with Crippen molar-refractivity contribution >= 4 is 5.82 Å². The molecule has 0 aliphatic carbocycles. The van der Waals surface area contributed by atoms with Gasteiger partial charge in [-0.25, -0.2) is 15.8 Å². The maximum absolute atomic E-state index is 5.61. The molecule has 1 heterocycles. The Balaban J connectivity index is 2.63. The normalized spacial score (nSPS) is 10.7. The first-order valence-electron chi connectivity index (χ1n) is 6.23. The van der Waals surface area contributed by atoms with Gasteiger partial charge >= 0.3 is 0 Å². The minimum Gasteiger partial charge on any atom is -0.475 e. The summed E-state index contributed by atoms with van der Waals surface area (Å²) >= 11 is 0. The average molecular weight is 254 g/mol. The molecule has 1 aromatic heterocycles. The van der Waals surface area contributed by atoms with E-state index >= 15 is 0 Å². The van der Waals surface area contributed by atoms with Gasteiger partial charge in [0.25, 0.3) is 0 Å². The van der Waals surface area contributed by atoms with Gasteiger partial charge in [0, 0.05) is 0 Å². The van der Waals surface area contributed by atoms with E-state index in [1.807, 2.05) is 13.8 Å². The number of rotatable bonds is 8. The third-order valence-corrected chi connectivity index (χ3v) is 2.32. The van der Waals surface area contributed by atoms with Gasteiger partial charge in [0.2, 0.25) is 5.88 Å². The van der Waals surface area contributed by atoms with Crippen LogP contribution in [-0.4, -0.2) is 29.3 Å². The molecule has 0 bridgehead atoms. The summed E-state index contributed by atoms with van der Waals surface area (Å²) in [6, 6.07) is 0. The zero-order chi connectivity index (χ0) is 13.4. The van der Waals surface area contributed by atoms with E-state index in [1.165, 1.54) is 6.33 Å². The number of anilines is 1. The highest BCUT2D eigenvalue weighted by Crippen LogP contribution is 2.22.